The fourth-order valence-corrected chi connectivity index (χ4v) is 6.54. The van der Waals surface area contributed by atoms with Gasteiger partial charge in [-0.15, -0.1) is 20.4 Å². The molecule has 216 valence electrons. The van der Waals surface area contributed by atoms with Crippen LogP contribution in [0.4, 0.5) is 10.3 Å². The van der Waals surface area contributed by atoms with Crippen LogP contribution in [0.5, 0.6) is 0 Å². The Morgan fingerprint density at radius 1 is 0.786 bits per heavy atom. The first-order valence-electron chi connectivity index (χ1n) is 13.5. The molecule has 1 saturated carbocycles. The van der Waals surface area contributed by atoms with Crippen LogP contribution in [0.15, 0.2) is 46.6 Å². The molecule has 2 N–H and O–H groups in total. The molecule has 1 fully saturated rings. The van der Waals surface area contributed by atoms with Crippen molar-refractivity contribution < 1.29 is 9.59 Å². The van der Waals surface area contributed by atoms with Crippen molar-refractivity contribution in [2.24, 2.45) is 9.98 Å². The molecule has 5 rings (SSSR count). The largest absolute Gasteiger partial charge is 0.300 e. The first-order valence-corrected chi connectivity index (χ1v) is 15.1. The third-order valence-electron chi connectivity index (χ3n) is 6.68. The molecule has 1 aliphatic carbocycles. The summed E-state index contributed by atoms with van der Waals surface area (Å²) < 4.78 is 0. The summed E-state index contributed by atoms with van der Waals surface area (Å²) in [7, 11) is 3.40. The lowest BCUT2D eigenvalue weighted by Gasteiger charge is -2.25. The summed E-state index contributed by atoms with van der Waals surface area (Å²) in [5, 5.41) is 25.6. The summed E-state index contributed by atoms with van der Waals surface area (Å²) in [5.74, 6) is 0.0572. The smallest absolute Gasteiger partial charge is 0.232 e. The van der Waals surface area contributed by atoms with Crippen molar-refractivity contribution in [2.45, 2.75) is 50.4 Å². The highest BCUT2D eigenvalue weighted by Crippen LogP contribution is 2.43. The maximum absolute atomic E-state index is 12.5. The molecule has 1 aliphatic rings. The van der Waals surface area contributed by atoms with Gasteiger partial charge < -0.3 is 10.6 Å². The highest BCUT2D eigenvalue weighted by Gasteiger charge is 2.29. The summed E-state index contributed by atoms with van der Waals surface area (Å²) in [5.41, 5.74) is 3.10. The molecular formula is C28H30N10O2S2. The van der Waals surface area contributed by atoms with Gasteiger partial charge in [0.2, 0.25) is 22.1 Å². The molecule has 14 heteroatoms. The quantitative estimate of drug-likeness (QED) is 0.257. The average molecular weight is 603 g/mol. The summed E-state index contributed by atoms with van der Waals surface area (Å²) in [6.45, 7) is 0. The topological polar surface area (TPSA) is 160 Å². The van der Waals surface area contributed by atoms with Crippen molar-refractivity contribution in [3.63, 3.8) is 0 Å². The van der Waals surface area contributed by atoms with Crippen molar-refractivity contribution in [1.82, 2.24) is 30.4 Å². The van der Waals surface area contributed by atoms with Gasteiger partial charge in [-0.3, -0.25) is 29.5 Å². The van der Waals surface area contributed by atoms with Gasteiger partial charge in [0.1, 0.15) is 10.0 Å². The Morgan fingerprint density at radius 2 is 1.26 bits per heavy atom. The molecular weight excluding hydrogens is 573 g/mol. The van der Waals surface area contributed by atoms with Crippen LogP contribution in [-0.4, -0.2) is 68.7 Å². The van der Waals surface area contributed by atoms with Crippen molar-refractivity contribution in [3.05, 3.63) is 69.2 Å². The maximum atomic E-state index is 12.5. The monoisotopic (exact) mass is 602 g/mol. The van der Waals surface area contributed by atoms with E-state index in [2.05, 4.69) is 51.0 Å². The van der Waals surface area contributed by atoms with E-state index in [-0.39, 0.29) is 36.5 Å². The van der Waals surface area contributed by atoms with Crippen molar-refractivity contribution in [2.75, 3.05) is 24.7 Å². The molecule has 4 heterocycles. The second kappa shape index (κ2) is 14.0. The van der Waals surface area contributed by atoms with Gasteiger partial charge in [-0.1, -0.05) is 41.2 Å². The Labute approximate surface area is 250 Å². The molecule has 2 atom stereocenters. The number of amides is 2. The number of hydrogen-bond acceptors (Lipinski definition) is 12. The molecule has 0 radical (unpaired) electrons. The summed E-state index contributed by atoms with van der Waals surface area (Å²) >= 11 is 2.82. The Bertz CT molecular complexity index is 1450. The van der Waals surface area contributed by atoms with E-state index in [9.17, 15) is 9.59 Å². The molecule has 0 aromatic carbocycles. The molecule has 2 unspecified atom stereocenters. The molecule has 42 heavy (non-hydrogen) atoms. The van der Waals surface area contributed by atoms with Crippen LogP contribution in [-0.2, 0) is 22.4 Å². The van der Waals surface area contributed by atoms with Gasteiger partial charge in [-0.05, 0) is 31.4 Å². The normalized spacial score (nSPS) is 17.1. The van der Waals surface area contributed by atoms with Gasteiger partial charge in [0.25, 0.3) is 0 Å². The maximum Gasteiger partial charge on any atom is 0.232 e. The molecule has 12 nitrogen and oxygen atoms in total. The van der Waals surface area contributed by atoms with Crippen molar-refractivity contribution in [3.8, 4) is 0 Å². The number of aliphatic imine (C=N–C) groups is 2. The van der Waals surface area contributed by atoms with Crippen LogP contribution in [0.2, 0.25) is 0 Å². The van der Waals surface area contributed by atoms with Gasteiger partial charge >= 0.3 is 0 Å². The highest BCUT2D eigenvalue weighted by molar-refractivity contribution is 7.15. The van der Waals surface area contributed by atoms with Gasteiger partial charge in [0.05, 0.1) is 12.8 Å². The lowest BCUT2D eigenvalue weighted by atomic mass is 9.82. The van der Waals surface area contributed by atoms with Crippen LogP contribution in [0.25, 0.3) is 0 Å². The molecule has 4 aromatic rings. The molecule has 4 aromatic heterocycles. The zero-order valence-electron chi connectivity index (χ0n) is 23.2. The predicted octanol–water partition coefficient (Wildman–Crippen LogP) is 4.08. The fraction of sp³-hybridized carbons (Fsp3) is 0.357. The number of nitrogens with zero attached hydrogens (tertiary/aromatic N) is 8. The van der Waals surface area contributed by atoms with E-state index in [4.69, 9.17) is 0 Å². The lowest BCUT2D eigenvalue weighted by Crippen LogP contribution is -2.15. The Kier molecular flexibility index (Phi) is 9.77. The van der Waals surface area contributed by atoms with Crippen LogP contribution < -0.4 is 10.6 Å². The summed E-state index contributed by atoms with van der Waals surface area (Å²) in [6, 6.07) is 7.38. The van der Waals surface area contributed by atoms with Gasteiger partial charge in [0.15, 0.2) is 0 Å². The number of aromatic nitrogens is 6. The molecule has 0 spiro atoms. The number of hydrogen-bond donors (Lipinski definition) is 2. The number of carbonyl (C=O) groups is 2. The van der Waals surface area contributed by atoms with E-state index in [0.717, 1.165) is 46.8 Å². The van der Waals surface area contributed by atoms with Gasteiger partial charge in [-0.25, -0.2) is 0 Å². The SMILES string of the molecule is CN=Cc1ccc(CC(=O)Nc2nnc(C3CCCC(c4nnc(NC(=O)Cc5ccc(C=NC)cn5)s4)C3)s2)nc1. The van der Waals surface area contributed by atoms with E-state index in [1.165, 1.54) is 22.7 Å². The highest BCUT2D eigenvalue weighted by atomic mass is 32.1. The first-order chi connectivity index (χ1) is 20.5. The van der Waals surface area contributed by atoms with Crippen molar-refractivity contribution >= 4 is 57.2 Å². The third-order valence-corrected chi connectivity index (χ3v) is 8.68. The fourth-order valence-electron chi connectivity index (χ4n) is 4.73. The Balaban J connectivity index is 1.12. The zero-order valence-corrected chi connectivity index (χ0v) is 24.9. The second-order valence-corrected chi connectivity index (χ2v) is 11.9. The average Bonchev–Trinajstić information content (AvgIpc) is 3.65. The second-order valence-electron chi connectivity index (χ2n) is 9.84. The minimum absolute atomic E-state index is 0.150. The minimum atomic E-state index is -0.189. The van der Waals surface area contributed by atoms with Gasteiger partial charge in [0, 0.05) is 73.3 Å². The number of carbonyl (C=O) groups excluding carboxylic acids is 2. The van der Waals surface area contributed by atoms with Crippen LogP contribution >= 0.6 is 22.7 Å². The zero-order chi connectivity index (χ0) is 29.3. The number of pyridine rings is 2. The van der Waals surface area contributed by atoms with E-state index >= 15 is 0 Å². The Hall–Kier alpha value is -4.30. The van der Waals surface area contributed by atoms with Crippen LogP contribution in [0, 0.1) is 0 Å². The Morgan fingerprint density at radius 3 is 1.67 bits per heavy atom. The number of rotatable bonds is 10. The van der Waals surface area contributed by atoms with E-state index in [0.29, 0.717) is 21.7 Å². The molecule has 0 bridgehead atoms. The van der Waals surface area contributed by atoms with E-state index in [1.54, 1.807) is 38.9 Å². The molecule has 0 aliphatic heterocycles. The number of nitrogens with one attached hydrogen (secondary N) is 2. The van der Waals surface area contributed by atoms with E-state index in [1.807, 2.05) is 24.3 Å². The minimum Gasteiger partial charge on any atom is -0.300 e. The summed E-state index contributed by atoms with van der Waals surface area (Å²) in [4.78, 5) is 41.6. The third kappa shape index (κ3) is 7.91. The number of anilines is 2. The van der Waals surface area contributed by atoms with Gasteiger partial charge in [-0.2, -0.15) is 0 Å². The lowest BCUT2D eigenvalue weighted by molar-refractivity contribution is -0.116. The molecule has 0 saturated heterocycles. The first kappa shape index (κ1) is 29.2. The van der Waals surface area contributed by atoms with Crippen LogP contribution in [0.3, 0.4) is 0 Å². The summed E-state index contributed by atoms with van der Waals surface area (Å²) in [6.07, 6.45) is 11.0. The predicted molar refractivity (Wildman–Crippen MR) is 164 cm³/mol. The standard InChI is InChI=1S/C28H30N10O2S2/c1-29-13-17-6-8-21(31-15-17)11-23(39)33-27-37-35-25(41-27)19-4-3-5-20(10-19)26-36-38-28(42-26)34-24(40)12-22-9-7-18(14-30-2)16-32-22/h6-9,13-16,19-20H,3-5,10-12H2,1-2H3,(H,33,37,39)(H,34,38,40). The van der Waals surface area contributed by atoms with Crippen molar-refractivity contribution in [1.29, 1.82) is 0 Å². The van der Waals surface area contributed by atoms with E-state index < -0.39 is 0 Å². The molecule has 2 amide bonds. The van der Waals surface area contributed by atoms with Crippen LogP contribution in [0.1, 0.15) is 70.0 Å².